The summed E-state index contributed by atoms with van der Waals surface area (Å²) in [5.74, 6) is -0.943. The standard InChI is InChI=1S/C35H30F2N4.2Np/c1-34(14-15-34)13-12-32-38-20-31(41-32)24-7-10-26-25-9-6-22(17-27(25)35(36,37)28(26)18-24)23-8-11-29-30(19-23)40-33(39-29)16-21-4-2-3-5-21;;/h2,6-12,16-21H,1,3-5,13-15H2,(H,38,41)(H,39,40);;/q-4;;/t21-;;/m1../s1. The molecule has 5 aromatic rings. The van der Waals surface area contributed by atoms with Gasteiger partial charge in [0.25, 0.3) is 5.92 Å². The van der Waals surface area contributed by atoms with Gasteiger partial charge in [-0.1, -0.05) is 43.2 Å². The second-order valence-electron chi connectivity index (χ2n) is 12.1. The molecule has 0 spiro atoms. The fraction of sp³-hybridized carbons (Fsp3) is 0.257. The monoisotopic (exact) mass is 1020 g/mol. The van der Waals surface area contributed by atoms with E-state index in [0.717, 1.165) is 78.0 Å². The molecule has 2 heterocycles. The van der Waals surface area contributed by atoms with Gasteiger partial charge in [-0.05, 0) is 58.2 Å². The Morgan fingerprint density at radius 2 is 1.60 bits per heavy atom. The van der Waals surface area contributed by atoms with Crippen LogP contribution in [0.5, 0.6) is 0 Å². The van der Waals surface area contributed by atoms with E-state index in [1.807, 2.05) is 36.4 Å². The van der Waals surface area contributed by atoms with Gasteiger partial charge in [-0.2, -0.15) is 33.0 Å². The average molecular weight is 1020 g/mol. The van der Waals surface area contributed by atoms with Gasteiger partial charge in [0, 0.05) is 82.8 Å². The third kappa shape index (κ3) is 5.76. The van der Waals surface area contributed by atoms with E-state index in [-0.39, 0.29) is 76.4 Å². The van der Waals surface area contributed by atoms with Gasteiger partial charge >= 0.3 is 0 Å². The van der Waals surface area contributed by atoms with E-state index < -0.39 is 5.92 Å². The zero-order valence-corrected chi connectivity index (χ0v) is 31.0. The van der Waals surface area contributed by atoms with Crippen molar-refractivity contribution < 1.29 is 68.7 Å². The number of nitrogens with one attached hydrogen (secondary N) is 2. The zero-order valence-electron chi connectivity index (χ0n) is 23.6. The first-order chi connectivity index (χ1) is 19.8. The molecule has 218 valence electrons. The molecule has 2 N–H and O–H groups in total. The van der Waals surface area contributed by atoms with E-state index in [1.165, 1.54) is 0 Å². The summed E-state index contributed by atoms with van der Waals surface area (Å²) in [4.78, 5) is 15.9. The summed E-state index contributed by atoms with van der Waals surface area (Å²) in [6, 6.07) is 16.6. The van der Waals surface area contributed by atoms with Crippen LogP contribution in [0.2, 0.25) is 0 Å². The number of H-pyrrole nitrogens is 2. The molecule has 0 amide bonds. The maximum absolute atomic E-state index is 16.0. The molecule has 3 aliphatic rings. The summed E-state index contributed by atoms with van der Waals surface area (Å²) < 4.78 is 31.9. The Morgan fingerprint density at radius 1 is 0.907 bits per heavy atom. The van der Waals surface area contributed by atoms with E-state index >= 15 is 8.78 Å². The summed E-state index contributed by atoms with van der Waals surface area (Å²) in [6.45, 7) is 4.23. The van der Waals surface area contributed by atoms with Crippen molar-refractivity contribution in [2.75, 3.05) is 0 Å². The number of imidazole rings is 2. The molecule has 2 fully saturated rings. The normalized spacial score (nSPS) is 18.8. The number of hydrogen-bond donors (Lipinski definition) is 2. The number of hydrogen-bond acceptors (Lipinski definition) is 2. The summed E-state index contributed by atoms with van der Waals surface area (Å²) in [5.41, 5.74) is 6.25. The second kappa shape index (κ2) is 11.7. The summed E-state index contributed by atoms with van der Waals surface area (Å²) >= 11 is 0. The Morgan fingerprint density at radius 3 is 2.33 bits per heavy atom. The van der Waals surface area contributed by atoms with Crippen LogP contribution in [0.25, 0.3) is 44.5 Å². The Labute approximate surface area is 296 Å². The van der Waals surface area contributed by atoms with Crippen molar-refractivity contribution in [1.82, 2.24) is 19.9 Å². The summed E-state index contributed by atoms with van der Waals surface area (Å²) in [5, 5.41) is 0. The van der Waals surface area contributed by atoms with Gasteiger partial charge in [0.1, 0.15) is 0 Å². The molecule has 4 nitrogen and oxygen atoms in total. The van der Waals surface area contributed by atoms with Gasteiger partial charge in [-0.3, -0.25) is 9.97 Å². The number of alkyl halides is 2. The summed E-state index contributed by atoms with van der Waals surface area (Å²) in [6.07, 6.45) is 14.8. The van der Waals surface area contributed by atoms with Gasteiger partial charge in [-0.25, -0.2) is 6.42 Å². The Balaban J connectivity index is 0.00000165. The molecule has 3 aromatic carbocycles. The number of fused-ring (bicyclic) bond motifs is 4. The fourth-order valence-corrected chi connectivity index (χ4v) is 6.30. The third-order valence-electron chi connectivity index (χ3n) is 9.04. The minimum Gasteiger partial charge on any atom is -0.368 e. The van der Waals surface area contributed by atoms with Gasteiger partial charge in [0.15, 0.2) is 0 Å². The van der Waals surface area contributed by atoms with Crippen molar-refractivity contribution in [3.05, 3.63) is 110 Å². The molecule has 3 aliphatic carbocycles. The van der Waals surface area contributed by atoms with Crippen LogP contribution in [0.4, 0.5) is 8.78 Å². The fourth-order valence-electron chi connectivity index (χ4n) is 6.30. The Hall–Kier alpha value is -2.03. The van der Waals surface area contributed by atoms with Gasteiger partial charge in [-0.15, -0.1) is 6.42 Å². The molecule has 2 radical (unpaired) electrons. The third-order valence-corrected chi connectivity index (χ3v) is 9.04. The van der Waals surface area contributed by atoms with Crippen molar-refractivity contribution >= 4 is 11.0 Å². The first kappa shape index (κ1) is 31.0. The maximum atomic E-state index is 16.0. The molecule has 8 heteroatoms. The van der Waals surface area contributed by atoms with Gasteiger partial charge in [0.2, 0.25) is 0 Å². The smallest absolute Gasteiger partial charge is 0.299 e. The molecule has 0 saturated heterocycles. The molecule has 2 aromatic heterocycles. The Kier molecular flexibility index (Phi) is 8.44. The first-order valence-electron chi connectivity index (χ1n) is 14.4. The first-order valence-corrected chi connectivity index (χ1v) is 14.4. The van der Waals surface area contributed by atoms with Crippen LogP contribution in [0, 0.1) is 97.4 Å². The quantitative estimate of drug-likeness (QED) is 0.160. The second-order valence-corrected chi connectivity index (χ2v) is 12.1. The van der Waals surface area contributed by atoms with Crippen LogP contribution in [-0.4, -0.2) is 19.9 Å². The van der Waals surface area contributed by atoms with Crippen LogP contribution in [-0.2, 0) is 5.92 Å². The van der Waals surface area contributed by atoms with Gasteiger partial charge < -0.3 is 36.2 Å². The van der Waals surface area contributed by atoms with Gasteiger partial charge in [0.05, 0.1) is 16.7 Å². The number of aromatic nitrogens is 4. The number of rotatable bonds is 7. The molecule has 0 aliphatic heterocycles. The van der Waals surface area contributed by atoms with Crippen LogP contribution in [0.15, 0.2) is 60.8 Å². The number of nitrogens with zero attached hydrogens (tertiary/aromatic N) is 2. The molecule has 43 heavy (non-hydrogen) atoms. The minimum atomic E-state index is -3.10. The van der Waals surface area contributed by atoms with Crippen molar-refractivity contribution in [2.24, 2.45) is 11.3 Å². The topological polar surface area (TPSA) is 57.4 Å². The number of halogens is 2. The predicted octanol–water partition coefficient (Wildman–Crippen LogP) is 8.85. The molecule has 8 rings (SSSR count). The van der Waals surface area contributed by atoms with Crippen molar-refractivity contribution in [1.29, 1.82) is 0 Å². The molecule has 0 unspecified atom stereocenters. The molecule has 2 saturated carbocycles. The van der Waals surface area contributed by atoms with E-state index in [9.17, 15) is 0 Å². The molecule has 0 bridgehead atoms. The van der Waals surface area contributed by atoms with E-state index in [4.69, 9.17) is 4.98 Å². The van der Waals surface area contributed by atoms with E-state index in [0.29, 0.717) is 22.6 Å². The zero-order chi connectivity index (χ0) is 27.8. The van der Waals surface area contributed by atoms with Crippen LogP contribution in [0.1, 0.15) is 61.3 Å². The SMILES string of the molecule is [CH2-]C1(C[CH-]c2ncc(-c3ccc4c(c3)C(F)(F)c3cc(-c5ccc6nc([CH-][C@@H]7C[CH-]CC7)[nH]c6c5)ccc3-4)[nH]2)CC1.[Np].[Np]. The molecular weight excluding hydrogens is 988 g/mol. The van der Waals surface area contributed by atoms with Crippen LogP contribution >= 0.6 is 0 Å². The van der Waals surface area contributed by atoms with Crippen LogP contribution < -0.4 is 0 Å². The predicted molar refractivity (Wildman–Crippen MR) is 158 cm³/mol. The summed E-state index contributed by atoms with van der Waals surface area (Å²) in [7, 11) is 0. The largest absolute Gasteiger partial charge is 0.368 e. The Bertz CT molecular complexity index is 1800. The minimum absolute atomic E-state index is 0. The van der Waals surface area contributed by atoms with E-state index in [2.05, 4.69) is 41.1 Å². The van der Waals surface area contributed by atoms with Crippen molar-refractivity contribution in [3.8, 4) is 33.5 Å². The van der Waals surface area contributed by atoms with Crippen LogP contribution in [0.3, 0.4) is 0 Å². The number of aromatic amines is 2. The van der Waals surface area contributed by atoms with Crippen molar-refractivity contribution in [2.45, 2.75) is 44.4 Å². The number of benzene rings is 3. The molecular formula is C35H30F2N4Np2-4. The maximum Gasteiger partial charge on any atom is 0.299 e. The van der Waals surface area contributed by atoms with E-state index in [1.54, 1.807) is 24.4 Å². The average Bonchev–Trinajstić information content (AvgIpc) is 3.45. The molecule has 1 atom stereocenters. The van der Waals surface area contributed by atoms with Crippen molar-refractivity contribution in [3.63, 3.8) is 0 Å².